The van der Waals surface area contributed by atoms with Crippen LogP contribution in [-0.4, -0.2) is 36.4 Å². The van der Waals surface area contributed by atoms with Gasteiger partial charge in [-0.2, -0.15) is 0 Å². The van der Waals surface area contributed by atoms with Gasteiger partial charge in [-0.3, -0.25) is 0 Å². The number of aliphatic hydroxyl groups is 1. The maximum atomic E-state index is 10.7. The van der Waals surface area contributed by atoms with E-state index in [1.165, 1.54) is 11.3 Å². The van der Waals surface area contributed by atoms with Crippen LogP contribution in [0.5, 0.6) is 0 Å². The molecule has 0 saturated carbocycles. The summed E-state index contributed by atoms with van der Waals surface area (Å²) < 4.78 is 0. The average Bonchev–Trinajstić information content (AvgIpc) is 2.67. The monoisotopic (exact) mass is 246 g/mol. The second-order valence-electron chi connectivity index (χ2n) is 5.78. The molecule has 2 heterocycles. The Morgan fingerprint density at radius 3 is 2.83 bits per heavy atom. The molecule has 2 N–H and O–H groups in total. The summed E-state index contributed by atoms with van der Waals surface area (Å²) in [5.41, 5.74) is 2.22. The minimum atomic E-state index is -0.517. The van der Waals surface area contributed by atoms with Crippen LogP contribution in [0.25, 0.3) is 0 Å². The van der Waals surface area contributed by atoms with E-state index in [4.69, 9.17) is 0 Å². The molecule has 3 rings (SSSR count). The quantitative estimate of drug-likeness (QED) is 0.831. The number of para-hydroxylation sites is 1. The van der Waals surface area contributed by atoms with Crippen LogP contribution < -0.4 is 10.2 Å². The van der Waals surface area contributed by atoms with E-state index in [0.29, 0.717) is 6.04 Å². The topological polar surface area (TPSA) is 35.5 Å². The molecule has 2 aliphatic heterocycles. The van der Waals surface area contributed by atoms with E-state index < -0.39 is 5.60 Å². The molecule has 0 amide bonds. The standard InChI is InChI=1S/C15H22N2O/c1-12-10-13-4-2-3-5-14(13)17(12)11-15(18)6-8-16-9-7-15/h2-5,12,16,18H,6-11H2,1H3. The minimum absolute atomic E-state index is 0.501. The first-order valence-electron chi connectivity index (χ1n) is 6.96. The van der Waals surface area contributed by atoms with Crippen molar-refractivity contribution in [3.05, 3.63) is 29.8 Å². The van der Waals surface area contributed by atoms with Crippen molar-refractivity contribution in [1.82, 2.24) is 5.32 Å². The largest absolute Gasteiger partial charge is 0.388 e. The van der Waals surface area contributed by atoms with Gasteiger partial charge >= 0.3 is 0 Å². The number of anilines is 1. The molecular formula is C15H22N2O. The first-order valence-corrected chi connectivity index (χ1v) is 6.96. The third-order valence-electron chi connectivity index (χ3n) is 4.35. The molecule has 18 heavy (non-hydrogen) atoms. The summed E-state index contributed by atoms with van der Waals surface area (Å²) >= 11 is 0. The van der Waals surface area contributed by atoms with Gasteiger partial charge in [0.15, 0.2) is 0 Å². The van der Waals surface area contributed by atoms with Gasteiger partial charge in [0.2, 0.25) is 0 Å². The summed E-state index contributed by atoms with van der Waals surface area (Å²) in [4.78, 5) is 2.39. The summed E-state index contributed by atoms with van der Waals surface area (Å²) in [5.74, 6) is 0. The first kappa shape index (κ1) is 12.0. The highest BCUT2D eigenvalue weighted by atomic mass is 16.3. The molecule has 0 spiro atoms. The summed E-state index contributed by atoms with van der Waals surface area (Å²) in [7, 11) is 0. The Morgan fingerprint density at radius 2 is 2.06 bits per heavy atom. The molecule has 0 bridgehead atoms. The van der Waals surface area contributed by atoms with Crippen LogP contribution in [0, 0.1) is 0 Å². The van der Waals surface area contributed by atoms with Crippen molar-refractivity contribution < 1.29 is 5.11 Å². The fourth-order valence-corrected chi connectivity index (χ4v) is 3.24. The zero-order chi connectivity index (χ0) is 12.6. The molecule has 98 valence electrons. The fourth-order valence-electron chi connectivity index (χ4n) is 3.24. The lowest BCUT2D eigenvalue weighted by molar-refractivity contribution is 0.0165. The Hall–Kier alpha value is -1.06. The van der Waals surface area contributed by atoms with Gasteiger partial charge in [-0.25, -0.2) is 0 Å². The Morgan fingerprint density at radius 1 is 1.33 bits per heavy atom. The smallest absolute Gasteiger partial charge is 0.0846 e. The zero-order valence-electron chi connectivity index (χ0n) is 11.0. The molecule has 3 nitrogen and oxygen atoms in total. The van der Waals surface area contributed by atoms with Gasteiger partial charge in [0, 0.05) is 18.3 Å². The number of hydrogen-bond donors (Lipinski definition) is 2. The number of nitrogens with one attached hydrogen (secondary N) is 1. The minimum Gasteiger partial charge on any atom is -0.388 e. The van der Waals surface area contributed by atoms with Crippen LogP contribution in [0.2, 0.25) is 0 Å². The predicted octanol–water partition coefficient (Wildman–Crippen LogP) is 1.55. The highest BCUT2D eigenvalue weighted by Gasteiger charge is 2.35. The number of nitrogens with zero attached hydrogens (tertiary/aromatic N) is 1. The van der Waals surface area contributed by atoms with Crippen LogP contribution in [0.3, 0.4) is 0 Å². The van der Waals surface area contributed by atoms with Gasteiger partial charge in [-0.05, 0) is 50.9 Å². The summed E-state index contributed by atoms with van der Waals surface area (Å²) in [5, 5.41) is 14.0. The molecule has 0 aromatic heterocycles. The SMILES string of the molecule is CC1Cc2ccccc2N1CC1(O)CCNCC1. The molecule has 2 aliphatic rings. The molecule has 1 aromatic carbocycles. The van der Waals surface area contributed by atoms with Gasteiger partial charge in [0.1, 0.15) is 0 Å². The van der Waals surface area contributed by atoms with E-state index in [1.54, 1.807) is 0 Å². The summed E-state index contributed by atoms with van der Waals surface area (Å²) in [6.07, 6.45) is 2.82. The fraction of sp³-hybridized carbons (Fsp3) is 0.600. The normalized spacial score (nSPS) is 26.1. The summed E-state index contributed by atoms with van der Waals surface area (Å²) in [6.45, 7) is 4.89. The number of β-amino-alcohol motifs (C(OH)–C–C–N with tert-alkyl or cyclic N) is 1. The van der Waals surface area contributed by atoms with E-state index >= 15 is 0 Å². The second kappa shape index (κ2) is 4.56. The average molecular weight is 246 g/mol. The van der Waals surface area contributed by atoms with Crippen molar-refractivity contribution in [1.29, 1.82) is 0 Å². The zero-order valence-corrected chi connectivity index (χ0v) is 11.0. The van der Waals surface area contributed by atoms with Gasteiger partial charge in [0.25, 0.3) is 0 Å². The Balaban J connectivity index is 1.80. The number of piperidine rings is 1. The van der Waals surface area contributed by atoms with E-state index in [-0.39, 0.29) is 0 Å². The van der Waals surface area contributed by atoms with E-state index in [9.17, 15) is 5.11 Å². The first-order chi connectivity index (χ1) is 8.68. The molecule has 1 fully saturated rings. The molecular weight excluding hydrogens is 224 g/mol. The number of rotatable bonds is 2. The molecule has 0 aliphatic carbocycles. The Kier molecular flexibility index (Phi) is 3.04. The molecule has 1 atom stereocenters. The molecule has 1 unspecified atom stereocenters. The third kappa shape index (κ3) is 2.13. The lowest BCUT2D eigenvalue weighted by atomic mass is 9.91. The maximum Gasteiger partial charge on any atom is 0.0846 e. The van der Waals surface area contributed by atoms with Crippen LogP contribution in [-0.2, 0) is 6.42 Å². The Bertz CT molecular complexity index is 426. The molecule has 3 heteroatoms. The van der Waals surface area contributed by atoms with Crippen molar-refractivity contribution in [2.24, 2.45) is 0 Å². The number of fused-ring (bicyclic) bond motifs is 1. The molecule has 1 saturated heterocycles. The van der Waals surface area contributed by atoms with Gasteiger partial charge < -0.3 is 15.3 Å². The van der Waals surface area contributed by atoms with Crippen LogP contribution in [0.15, 0.2) is 24.3 Å². The van der Waals surface area contributed by atoms with E-state index in [2.05, 4.69) is 41.4 Å². The van der Waals surface area contributed by atoms with Crippen molar-refractivity contribution in [2.45, 2.75) is 37.8 Å². The van der Waals surface area contributed by atoms with Crippen LogP contribution in [0.4, 0.5) is 5.69 Å². The van der Waals surface area contributed by atoms with E-state index in [0.717, 1.165) is 38.9 Å². The second-order valence-corrected chi connectivity index (χ2v) is 5.78. The van der Waals surface area contributed by atoms with Gasteiger partial charge in [-0.15, -0.1) is 0 Å². The van der Waals surface area contributed by atoms with Crippen molar-refractivity contribution >= 4 is 5.69 Å². The predicted molar refractivity (Wildman–Crippen MR) is 74.0 cm³/mol. The Labute approximate surface area is 109 Å². The van der Waals surface area contributed by atoms with Crippen LogP contribution >= 0.6 is 0 Å². The van der Waals surface area contributed by atoms with Crippen molar-refractivity contribution in [3.63, 3.8) is 0 Å². The third-order valence-corrected chi connectivity index (χ3v) is 4.35. The van der Waals surface area contributed by atoms with Crippen LogP contribution in [0.1, 0.15) is 25.3 Å². The lowest BCUT2D eigenvalue weighted by Crippen LogP contribution is -2.51. The van der Waals surface area contributed by atoms with Gasteiger partial charge in [-0.1, -0.05) is 18.2 Å². The highest BCUT2D eigenvalue weighted by Crippen LogP contribution is 2.34. The van der Waals surface area contributed by atoms with E-state index in [1.807, 2.05) is 0 Å². The maximum absolute atomic E-state index is 10.7. The highest BCUT2D eigenvalue weighted by molar-refractivity contribution is 5.59. The van der Waals surface area contributed by atoms with Gasteiger partial charge in [0.05, 0.1) is 5.60 Å². The molecule has 0 radical (unpaired) electrons. The number of hydrogen-bond acceptors (Lipinski definition) is 3. The van der Waals surface area contributed by atoms with Crippen molar-refractivity contribution in [3.8, 4) is 0 Å². The van der Waals surface area contributed by atoms with Crippen molar-refractivity contribution in [2.75, 3.05) is 24.5 Å². The lowest BCUT2D eigenvalue weighted by Gasteiger charge is -2.38. The summed E-state index contributed by atoms with van der Waals surface area (Å²) in [6, 6.07) is 9.09. The number of benzene rings is 1. The molecule has 1 aromatic rings.